The quantitative estimate of drug-likeness (QED) is 0.855. The first kappa shape index (κ1) is 11.1. The van der Waals surface area contributed by atoms with E-state index in [0.717, 1.165) is 11.1 Å². The van der Waals surface area contributed by atoms with Gasteiger partial charge in [-0.15, -0.1) is 0 Å². The van der Waals surface area contributed by atoms with Gasteiger partial charge in [0.1, 0.15) is 17.7 Å². The molecule has 1 aromatic carbocycles. The van der Waals surface area contributed by atoms with Gasteiger partial charge in [-0.3, -0.25) is 0 Å². The fraction of sp³-hybridized carbons (Fsp3) is 0.0769. The van der Waals surface area contributed by atoms with Gasteiger partial charge in [-0.25, -0.2) is 9.37 Å². The smallest absolute Gasteiger partial charge is 0.140 e. The predicted octanol–water partition coefficient (Wildman–Crippen LogP) is 2.27. The van der Waals surface area contributed by atoms with Crippen molar-refractivity contribution in [2.45, 2.75) is 6.42 Å². The summed E-state index contributed by atoms with van der Waals surface area (Å²) in [6, 6.07) is 9.90. The molecule has 2 rings (SSSR count). The Bertz CT molecular complexity index is 570. The summed E-state index contributed by atoms with van der Waals surface area (Å²) >= 11 is 0. The van der Waals surface area contributed by atoms with Gasteiger partial charge in [0.15, 0.2) is 0 Å². The van der Waals surface area contributed by atoms with Crippen LogP contribution in [-0.4, -0.2) is 4.98 Å². The summed E-state index contributed by atoms with van der Waals surface area (Å²) in [5.74, 6) is -0.0303. The third-order valence-electron chi connectivity index (χ3n) is 2.41. The highest BCUT2D eigenvalue weighted by Gasteiger charge is 2.03. The number of nitrogens with zero attached hydrogens (tertiary/aromatic N) is 2. The third kappa shape index (κ3) is 2.58. The Hall–Kier alpha value is -2.41. The number of hydrogen-bond donors (Lipinski definition) is 1. The summed E-state index contributed by atoms with van der Waals surface area (Å²) in [4.78, 5) is 3.97. The van der Waals surface area contributed by atoms with E-state index >= 15 is 0 Å². The largest absolute Gasteiger partial charge is 0.384 e. The lowest BCUT2D eigenvalue weighted by molar-refractivity contribution is 0.623. The highest BCUT2D eigenvalue weighted by molar-refractivity contribution is 5.37. The summed E-state index contributed by atoms with van der Waals surface area (Å²) in [5, 5.41) is 8.73. The van der Waals surface area contributed by atoms with Gasteiger partial charge in [0.2, 0.25) is 0 Å². The number of nitriles is 1. The van der Waals surface area contributed by atoms with Gasteiger partial charge in [-0.1, -0.05) is 12.1 Å². The van der Waals surface area contributed by atoms with Gasteiger partial charge in [0.25, 0.3) is 0 Å². The highest BCUT2D eigenvalue weighted by Crippen LogP contribution is 2.14. The van der Waals surface area contributed by atoms with E-state index in [9.17, 15) is 4.39 Å². The lowest BCUT2D eigenvalue weighted by Gasteiger charge is -2.03. The Morgan fingerprint density at radius 3 is 2.65 bits per heavy atom. The molecule has 84 valence electrons. The maximum atomic E-state index is 13.1. The van der Waals surface area contributed by atoms with Crippen LogP contribution in [0.4, 0.5) is 10.2 Å². The normalized spacial score (nSPS) is 9.88. The molecule has 0 saturated carbocycles. The van der Waals surface area contributed by atoms with Crippen LogP contribution >= 0.6 is 0 Å². The molecule has 0 saturated heterocycles. The van der Waals surface area contributed by atoms with Crippen LogP contribution < -0.4 is 5.73 Å². The molecular formula is C13H10FN3. The van der Waals surface area contributed by atoms with Crippen molar-refractivity contribution >= 4 is 5.82 Å². The number of anilines is 1. The van der Waals surface area contributed by atoms with Crippen molar-refractivity contribution < 1.29 is 4.39 Å². The topological polar surface area (TPSA) is 62.7 Å². The Balaban J connectivity index is 2.25. The van der Waals surface area contributed by atoms with Crippen molar-refractivity contribution in [3.8, 4) is 6.07 Å². The van der Waals surface area contributed by atoms with Crippen LogP contribution in [-0.2, 0) is 6.42 Å². The molecule has 0 fully saturated rings. The van der Waals surface area contributed by atoms with E-state index in [-0.39, 0.29) is 5.56 Å². The number of benzene rings is 1. The van der Waals surface area contributed by atoms with Crippen molar-refractivity contribution in [2.75, 3.05) is 5.73 Å². The number of nitrogen functional groups attached to an aromatic ring is 1. The molecule has 2 N–H and O–H groups in total. The van der Waals surface area contributed by atoms with Gasteiger partial charge in [0, 0.05) is 6.20 Å². The summed E-state index contributed by atoms with van der Waals surface area (Å²) in [6.45, 7) is 0. The zero-order valence-electron chi connectivity index (χ0n) is 9.02. The maximum Gasteiger partial charge on any atom is 0.140 e. The van der Waals surface area contributed by atoms with Crippen LogP contribution in [0.5, 0.6) is 0 Å². The first-order chi connectivity index (χ1) is 8.19. The van der Waals surface area contributed by atoms with E-state index in [1.54, 1.807) is 24.4 Å². The minimum Gasteiger partial charge on any atom is -0.384 e. The molecule has 0 bridgehead atoms. The van der Waals surface area contributed by atoms with E-state index in [2.05, 4.69) is 4.98 Å². The molecule has 0 radical (unpaired) electrons. The van der Waals surface area contributed by atoms with E-state index in [0.29, 0.717) is 12.2 Å². The van der Waals surface area contributed by atoms with Gasteiger partial charge >= 0.3 is 0 Å². The molecular weight excluding hydrogens is 217 g/mol. The molecule has 0 spiro atoms. The Kier molecular flexibility index (Phi) is 3.01. The lowest BCUT2D eigenvalue weighted by atomic mass is 10.0. The summed E-state index contributed by atoms with van der Waals surface area (Å²) in [6.07, 6.45) is 2.27. The molecule has 0 unspecified atom stereocenters. The average molecular weight is 227 g/mol. The molecule has 1 aromatic heterocycles. The molecule has 0 aliphatic heterocycles. The van der Waals surface area contributed by atoms with Crippen LogP contribution in [0.2, 0.25) is 0 Å². The first-order valence-electron chi connectivity index (χ1n) is 5.08. The summed E-state index contributed by atoms with van der Waals surface area (Å²) in [7, 11) is 0. The van der Waals surface area contributed by atoms with Crippen LogP contribution in [0.3, 0.4) is 0 Å². The Morgan fingerprint density at radius 2 is 2.00 bits per heavy atom. The molecule has 0 aliphatic carbocycles. The zero-order valence-corrected chi connectivity index (χ0v) is 9.02. The Morgan fingerprint density at radius 1 is 1.24 bits per heavy atom. The molecule has 3 nitrogen and oxygen atoms in total. The van der Waals surface area contributed by atoms with Crippen molar-refractivity contribution in [1.82, 2.24) is 4.98 Å². The first-order valence-corrected chi connectivity index (χ1v) is 5.08. The van der Waals surface area contributed by atoms with E-state index in [1.165, 1.54) is 6.07 Å². The number of hydrogen-bond acceptors (Lipinski definition) is 3. The van der Waals surface area contributed by atoms with Crippen LogP contribution in [0.25, 0.3) is 0 Å². The fourth-order valence-corrected chi connectivity index (χ4v) is 1.54. The van der Waals surface area contributed by atoms with Crippen LogP contribution in [0.1, 0.15) is 16.7 Å². The molecule has 4 heteroatoms. The Labute approximate surface area is 98.3 Å². The van der Waals surface area contributed by atoms with Crippen molar-refractivity contribution in [2.24, 2.45) is 0 Å². The number of rotatable bonds is 2. The van der Waals surface area contributed by atoms with Gasteiger partial charge in [-0.2, -0.15) is 5.26 Å². The highest BCUT2D eigenvalue weighted by atomic mass is 19.1. The second-order valence-corrected chi connectivity index (χ2v) is 3.69. The number of aromatic nitrogens is 1. The zero-order chi connectivity index (χ0) is 12.3. The predicted molar refractivity (Wildman–Crippen MR) is 62.6 cm³/mol. The lowest BCUT2D eigenvalue weighted by Crippen LogP contribution is -1.94. The third-order valence-corrected chi connectivity index (χ3v) is 2.41. The van der Waals surface area contributed by atoms with Crippen molar-refractivity contribution in [3.63, 3.8) is 0 Å². The van der Waals surface area contributed by atoms with Crippen LogP contribution in [0.15, 0.2) is 36.5 Å². The molecule has 1 heterocycles. The van der Waals surface area contributed by atoms with E-state index < -0.39 is 5.82 Å². The average Bonchev–Trinajstić information content (AvgIpc) is 2.34. The number of pyridine rings is 1. The monoisotopic (exact) mass is 227 g/mol. The minimum atomic E-state index is -0.494. The standard InChI is InChI=1S/C13H10FN3/c14-12-3-1-9(6-11(12)7-15)5-10-2-4-13(16)17-8-10/h1-4,6,8H,5H2,(H2,16,17). The summed E-state index contributed by atoms with van der Waals surface area (Å²) < 4.78 is 13.1. The number of nitrogens with two attached hydrogens (primary N) is 1. The van der Waals surface area contributed by atoms with Crippen molar-refractivity contribution in [1.29, 1.82) is 5.26 Å². The fourth-order valence-electron chi connectivity index (χ4n) is 1.54. The second-order valence-electron chi connectivity index (χ2n) is 3.69. The van der Waals surface area contributed by atoms with E-state index in [1.807, 2.05) is 12.1 Å². The number of halogens is 1. The molecule has 0 aliphatic rings. The maximum absolute atomic E-state index is 13.1. The van der Waals surface area contributed by atoms with Gasteiger partial charge in [0.05, 0.1) is 5.56 Å². The second kappa shape index (κ2) is 4.62. The van der Waals surface area contributed by atoms with Gasteiger partial charge in [-0.05, 0) is 35.7 Å². The molecule has 2 aromatic rings. The van der Waals surface area contributed by atoms with E-state index in [4.69, 9.17) is 11.0 Å². The molecule has 0 amide bonds. The minimum absolute atomic E-state index is 0.0610. The van der Waals surface area contributed by atoms with Crippen LogP contribution in [0, 0.1) is 17.1 Å². The molecule has 17 heavy (non-hydrogen) atoms. The summed E-state index contributed by atoms with van der Waals surface area (Å²) in [5.41, 5.74) is 7.38. The van der Waals surface area contributed by atoms with Gasteiger partial charge < -0.3 is 5.73 Å². The molecule has 0 atom stereocenters. The SMILES string of the molecule is N#Cc1cc(Cc2ccc(N)nc2)ccc1F. The van der Waals surface area contributed by atoms with Crippen molar-refractivity contribution in [3.05, 3.63) is 59.0 Å².